The molecule has 116 valence electrons. The minimum absolute atomic E-state index is 0.461. The first kappa shape index (κ1) is 15.4. The molecule has 0 amide bonds. The summed E-state index contributed by atoms with van der Waals surface area (Å²) in [6, 6.07) is 15.9. The van der Waals surface area contributed by atoms with Crippen molar-refractivity contribution in [2.24, 2.45) is 0 Å². The van der Waals surface area contributed by atoms with Crippen molar-refractivity contribution in [2.45, 2.75) is 13.3 Å². The van der Waals surface area contributed by atoms with Crippen LogP contribution in [0.15, 0.2) is 59.2 Å². The highest BCUT2D eigenvalue weighted by Gasteiger charge is 2.05. The molecule has 0 saturated carbocycles. The quantitative estimate of drug-likeness (QED) is 0.683. The van der Waals surface area contributed by atoms with Gasteiger partial charge in [-0.1, -0.05) is 37.3 Å². The van der Waals surface area contributed by atoms with Crippen molar-refractivity contribution in [3.05, 3.63) is 64.8 Å². The van der Waals surface area contributed by atoms with Crippen LogP contribution in [0.3, 0.4) is 0 Å². The maximum Gasteiger partial charge on any atom is 0.249 e. The van der Waals surface area contributed by atoms with E-state index >= 15 is 0 Å². The molecular formula is C17H16BrN5. The molecule has 1 heterocycles. The van der Waals surface area contributed by atoms with Gasteiger partial charge >= 0.3 is 0 Å². The van der Waals surface area contributed by atoms with Crippen LogP contribution in [-0.2, 0) is 6.42 Å². The summed E-state index contributed by atoms with van der Waals surface area (Å²) in [5.41, 5.74) is 3.13. The van der Waals surface area contributed by atoms with E-state index in [1.165, 1.54) is 5.56 Å². The van der Waals surface area contributed by atoms with E-state index < -0.39 is 0 Å². The first-order valence-electron chi connectivity index (χ1n) is 7.32. The second kappa shape index (κ2) is 7.19. The van der Waals surface area contributed by atoms with Gasteiger partial charge in [0.25, 0.3) is 0 Å². The summed E-state index contributed by atoms with van der Waals surface area (Å²) in [7, 11) is 0. The van der Waals surface area contributed by atoms with Gasteiger partial charge in [-0.2, -0.15) is 10.1 Å². The topological polar surface area (TPSA) is 62.7 Å². The largest absolute Gasteiger partial charge is 0.338 e. The summed E-state index contributed by atoms with van der Waals surface area (Å²) < 4.78 is 0.962. The van der Waals surface area contributed by atoms with Gasteiger partial charge in [-0.25, -0.2) is 0 Å². The van der Waals surface area contributed by atoms with Crippen LogP contribution >= 0.6 is 15.9 Å². The van der Waals surface area contributed by atoms with E-state index in [1.54, 1.807) is 6.20 Å². The first-order chi connectivity index (χ1) is 11.3. The monoisotopic (exact) mass is 369 g/mol. The molecule has 3 aromatic rings. The fourth-order valence-corrected chi connectivity index (χ4v) is 2.57. The number of halogens is 1. The van der Waals surface area contributed by atoms with Crippen LogP contribution in [0.1, 0.15) is 12.5 Å². The van der Waals surface area contributed by atoms with Crippen molar-refractivity contribution in [3.8, 4) is 0 Å². The van der Waals surface area contributed by atoms with Crippen molar-refractivity contribution in [1.82, 2.24) is 15.2 Å². The van der Waals surface area contributed by atoms with Crippen LogP contribution in [0.4, 0.5) is 23.1 Å². The lowest BCUT2D eigenvalue weighted by Gasteiger charge is -2.11. The molecule has 2 N–H and O–H groups in total. The number of hydrogen-bond acceptors (Lipinski definition) is 5. The van der Waals surface area contributed by atoms with Gasteiger partial charge in [-0.3, -0.25) is 0 Å². The Labute approximate surface area is 143 Å². The van der Waals surface area contributed by atoms with Crippen molar-refractivity contribution < 1.29 is 0 Å². The fourth-order valence-electron chi connectivity index (χ4n) is 2.19. The smallest absolute Gasteiger partial charge is 0.249 e. The summed E-state index contributed by atoms with van der Waals surface area (Å²) in [6.07, 6.45) is 2.53. The highest BCUT2D eigenvalue weighted by Crippen LogP contribution is 2.25. The van der Waals surface area contributed by atoms with E-state index in [1.807, 2.05) is 42.5 Å². The number of anilines is 4. The third-order valence-electron chi connectivity index (χ3n) is 3.34. The van der Waals surface area contributed by atoms with Crippen LogP contribution in [0.25, 0.3) is 0 Å². The molecule has 0 aliphatic heterocycles. The van der Waals surface area contributed by atoms with Gasteiger partial charge < -0.3 is 10.6 Å². The van der Waals surface area contributed by atoms with E-state index in [0.29, 0.717) is 11.8 Å². The number of aromatic nitrogens is 3. The van der Waals surface area contributed by atoms with Gasteiger partial charge in [0.1, 0.15) is 0 Å². The SMILES string of the molecule is CCc1ccccc1Nc1nncc(Nc2ccccc2Br)n1. The molecule has 1 aromatic heterocycles. The number of benzene rings is 2. The Morgan fingerprint density at radius 2 is 1.70 bits per heavy atom. The second-order valence-corrected chi connectivity index (χ2v) is 5.76. The Bertz CT molecular complexity index is 806. The summed E-state index contributed by atoms with van der Waals surface area (Å²) in [6.45, 7) is 2.12. The van der Waals surface area contributed by atoms with E-state index in [0.717, 1.165) is 22.3 Å². The van der Waals surface area contributed by atoms with Gasteiger partial charge in [0.05, 0.1) is 11.9 Å². The molecule has 3 rings (SSSR count). The van der Waals surface area contributed by atoms with Crippen molar-refractivity contribution in [2.75, 3.05) is 10.6 Å². The number of nitrogens with one attached hydrogen (secondary N) is 2. The average molecular weight is 370 g/mol. The summed E-state index contributed by atoms with van der Waals surface area (Å²) in [4.78, 5) is 4.46. The zero-order chi connectivity index (χ0) is 16.1. The molecule has 0 atom stereocenters. The predicted octanol–water partition coefficient (Wildman–Crippen LogP) is 4.68. The number of aryl methyl sites for hydroxylation is 1. The Kier molecular flexibility index (Phi) is 4.83. The molecule has 5 nitrogen and oxygen atoms in total. The molecule has 2 aromatic carbocycles. The molecule has 0 fully saturated rings. The molecule has 6 heteroatoms. The maximum atomic E-state index is 4.46. The van der Waals surface area contributed by atoms with Crippen LogP contribution in [0.5, 0.6) is 0 Å². The molecule has 0 unspecified atom stereocenters. The van der Waals surface area contributed by atoms with Gasteiger partial charge in [0.15, 0.2) is 5.82 Å². The third kappa shape index (κ3) is 3.84. The Hall–Kier alpha value is -2.47. The van der Waals surface area contributed by atoms with Crippen LogP contribution in [0.2, 0.25) is 0 Å². The number of para-hydroxylation sites is 2. The lowest BCUT2D eigenvalue weighted by Crippen LogP contribution is -2.04. The van der Waals surface area contributed by atoms with Crippen LogP contribution in [-0.4, -0.2) is 15.2 Å². The molecular weight excluding hydrogens is 354 g/mol. The van der Waals surface area contributed by atoms with Gasteiger partial charge in [-0.15, -0.1) is 5.10 Å². The molecule has 0 radical (unpaired) electrons. The maximum absolute atomic E-state index is 4.46. The molecule has 23 heavy (non-hydrogen) atoms. The summed E-state index contributed by atoms with van der Waals surface area (Å²) in [5.74, 6) is 1.09. The molecule has 0 aliphatic carbocycles. The average Bonchev–Trinajstić information content (AvgIpc) is 2.58. The number of hydrogen-bond donors (Lipinski definition) is 2. The first-order valence-corrected chi connectivity index (χ1v) is 8.12. The predicted molar refractivity (Wildman–Crippen MR) is 96.4 cm³/mol. The van der Waals surface area contributed by atoms with Crippen molar-refractivity contribution in [1.29, 1.82) is 0 Å². The summed E-state index contributed by atoms with van der Waals surface area (Å²) in [5, 5.41) is 14.5. The standard InChI is InChI=1S/C17H16BrN5/c1-2-12-7-3-5-9-14(12)21-17-22-16(11-19-23-17)20-15-10-6-4-8-13(15)18/h3-11H,2H2,1H3,(H2,20,21,22,23). The van der Waals surface area contributed by atoms with Crippen molar-refractivity contribution >= 4 is 39.1 Å². The molecule has 0 bridgehead atoms. The molecule has 0 spiro atoms. The van der Waals surface area contributed by atoms with E-state index in [2.05, 4.69) is 54.7 Å². The summed E-state index contributed by atoms with van der Waals surface area (Å²) >= 11 is 3.50. The van der Waals surface area contributed by atoms with E-state index in [4.69, 9.17) is 0 Å². The Morgan fingerprint density at radius 3 is 2.48 bits per heavy atom. The van der Waals surface area contributed by atoms with Gasteiger partial charge in [0, 0.05) is 10.2 Å². The minimum atomic E-state index is 0.461. The van der Waals surface area contributed by atoms with E-state index in [-0.39, 0.29) is 0 Å². The van der Waals surface area contributed by atoms with Gasteiger partial charge in [0.2, 0.25) is 5.95 Å². The second-order valence-electron chi connectivity index (χ2n) is 4.91. The number of rotatable bonds is 5. The highest BCUT2D eigenvalue weighted by atomic mass is 79.9. The Balaban J connectivity index is 1.81. The minimum Gasteiger partial charge on any atom is -0.338 e. The van der Waals surface area contributed by atoms with Crippen LogP contribution < -0.4 is 10.6 Å². The lowest BCUT2D eigenvalue weighted by atomic mass is 10.1. The highest BCUT2D eigenvalue weighted by molar-refractivity contribution is 9.10. The van der Waals surface area contributed by atoms with Crippen LogP contribution in [0, 0.1) is 0 Å². The molecule has 0 aliphatic rings. The molecule has 0 saturated heterocycles. The van der Waals surface area contributed by atoms with Gasteiger partial charge in [-0.05, 0) is 46.1 Å². The van der Waals surface area contributed by atoms with Crippen molar-refractivity contribution in [3.63, 3.8) is 0 Å². The van der Waals surface area contributed by atoms with E-state index in [9.17, 15) is 0 Å². The Morgan fingerprint density at radius 1 is 0.957 bits per heavy atom. The lowest BCUT2D eigenvalue weighted by molar-refractivity contribution is 0.980. The third-order valence-corrected chi connectivity index (χ3v) is 4.03. The fraction of sp³-hybridized carbons (Fsp3) is 0.118. The number of nitrogens with zero attached hydrogens (tertiary/aromatic N) is 3. The zero-order valence-corrected chi connectivity index (χ0v) is 14.2. The zero-order valence-electron chi connectivity index (χ0n) is 12.6. The normalized spacial score (nSPS) is 10.3.